The Morgan fingerprint density at radius 3 is 2.29 bits per heavy atom. The Bertz CT molecular complexity index is 338. The molecular formula is C15H21BrO. The predicted molar refractivity (Wildman–Crippen MR) is 76.2 cm³/mol. The summed E-state index contributed by atoms with van der Waals surface area (Å²) in [7, 11) is 0. The van der Waals surface area contributed by atoms with Crippen molar-refractivity contribution in [1.29, 1.82) is 0 Å². The third kappa shape index (κ3) is 2.85. The third-order valence-electron chi connectivity index (χ3n) is 3.84. The van der Waals surface area contributed by atoms with Crippen molar-refractivity contribution in [3.05, 3.63) is 29.8 Å². The molecule has 1 nitrogen and oxygen atoms in total. The van der Waals surface area contributed by atoms with Crippen LogP contribution in [0.2, 0.25) is 0 Å². The first-order chi connectivity index (χ1) is 8.30. The zero-order chi connectivity index (χ0) is 12.1. The van der Waals surface area contributed by atoms with Gasteiger partial charge in [0.05, 0.1) is 6.61 Å². The van der Waals surface area contributed by atoms with Crippen LogP contribution in [-0.2, 0) is 5.41 Å². The predicted octanol–water partition coefficient (Wildman–Crippen LogP) is 4.68. The molecule has 0 aliphatic heterocycles. The summed E-state index contributed by atoms with van der Waals surface area (Å²) in [5, 5.41) is 1.08. The first-order valence-electron chi connectivity index (χ1n) is 6.60. The molecule has 1 fully saturated rings. The number of rotatable bonds is 4. The van der Waals surface area contributed by atoms with Crippen molar-refractivity contribution >= 4 is 15.9 Å². The zero-order valence-corrected chi connectivity index (χ0v) is 12.1. The largest absolute Gasteiger partial charge is 0.494 e. The van der Waals surface area contributed by atoms with Gasteiger partial charge in [0.1, 0.15) is 5.75 Å². The first-order valence-corrected chi connectivity index (χ1v) is 7.72. The zero-order valence-electron chi connectivity index (χ0n) is 10.5. The van der Waals surface area contributed by atoms with Crippen molar-refractivity contribution < 1.29 is 4.74 Å². The highest BCUT2D eigenvalue weighted by atomic mass is 79.9. The molecule has 0 atom stereocenters. The lowest BCUT2D eigenvalue weighted by molar-refractivity contribution is 0.324. The molecule has 2 heteroatoms. The van der Waals surface area contributed by atoms with Gasteiger partial charge in [-0.05, 0) is 37.5 Å². The summed E-state index contributed by atoms with van der Waals surface area (Å²) in [6.45, 7) is 2.76. The van der Waals surface area contributed by atoms with E-state index < -0.39 is 0 Å². The molecule has 1 aliphatic carbocycles. The Labute approximate surface area is 113 Å². The molecule has 1 aromatic carbocycles. The van der Waals surface area contributed by atoms with Crippen molar-refractivity contribution in [2.75, 3.05) is 11.9 Å². The van der Waals surface area contributed by atoms with Gasteiger partial charge in [-0.15, -0.1) is 0 Å². The molecule has 2 rings (SSSR count). The van der Waals surface area contributed by atoms with Gasteiger partial charge in [0, 0.05) is 10.7 Å². The quantitative estimate of drug-likeness (QED) is 0.733. The van der Waals surface area contributed by atoms with Crippen molar-refractivity contribution in [3.63, 3.8) is 0 Å². The Hall–Kier alpha value is -0.500. The molecule has 1 aliphatic rings. The maximum Gasteiger partial charge on any atom is 0.119 e. The van der Waals surface area contributed by atoms with E-state index in [1.807, 2.05) is 6.92 Å². The lowest BCUT2D eigenvalue weighted by Gasteiger charge is -2.36. The minimum absolute atomic E-state index is 0.364. The topological polar surface area (TPSA) is 9.23 Å². The normalized spacial score (nSPS) is 18.9. The number of alkyl halides is 1. The van der Waals surface area contributed by atoms with Crippen LogP contribution >= 0.6 is 15.9 Å². The Balaban J connectivity index is 2.18. The average Bonchev–Trinajstić information content (AvgIpc) is 2.41. The lowest BCUT2D eigenvalue weighted by Crippen LogP contribution is -2.30. The summed E-state index contributed by atoms with van der Waals surface area (Å²) in [5.74, 6) is 0.983. The van der Waals surface area contributed by atoms with Crippen LogP contribution in [0.3, 0.4) is 0 Å². The SMILES string of the molecule is CCOc1ccc(C2(CBr)CCCCC2)cc1. The van der Waals surface area contributed by atoms with E-state index in [2.05, 4.69) is 40.2 Å². The van der Waals surface area contributed by atoms with E-state index in [0.29, 0.717) is 5.41 Å². The summed E-state index contributed by atoms with van der Waals surface area (Å²) in [5.41, 5.74) is 1.83. The Morgan fingerprint density at radius 1 is 1.12 bits per heavy atom. The maximum atomic E-state index is 5.50. The lowest BCUT2D eigenvalue weighted by atomic mass is 9.71. The molecule has 0 radical (unpaired) electrons. The van der Waals surface area contributed by atoms with E-state index in [0.717, 1.165) is 17.7 Å². The van der Waals surface area contributed by atoms with E-state index in [-0.39, 0.29) is 0 Å². The van der Waals surface area contributed by atoms with Crippen LogP contribution in [-0.4, -0.2) is 11.9 Å². The van der Waals surface area contributed by atoms with Gasteiger partial charge in [-0.2, -0.15) is 0 Å². The van der Waals surface area contributed by atoms with Gasteiger partial charge in [0.15, 0.2) is 0 Å². The van der Waals surface area contributed by atoms with Crippen molar-refractivity contribution in [1.82, 2.24) is 0 Å². The van der Waals surface area contributed by atoms with Crippen LogP contribution in [0.5, 0.6) is 5.75 Å². The van der Waals surface area contributed by atoms with E-state index >= 15 is 0 Å². The second kappa shape index (κ2) is 5.90. The molecular weight excluding hydrogens is 276 g/mol. The van der Waals surface area contributed by atoms with Gasteiger partial charge >= 0.3 is 0 Å². The van der Waals surface area contributed by atoms with Crippen LogP contribution < -0.4 is 4.74 Å². The molecule has 1 saturated carbocycles. The van der Waals surface area contributed by atoms with E-state index in [1.165, 1.54) is 37.7 Å². The summed E-state index contributed by atoms with van der Waals surface area (Å²) < 4.78 is 5.50. The summed E-state index contributed by atoms with van der Waals surface area (Å²) in [6.07, 6.45) is 6.74. The summed E-state index contributed by atoms with van der Waals surface area (Å²) in [6, 6.07) is 8.71. The maximum absolute atomic E-state index is 5.50. The van der Waals surface area contributed by atoms with Gasteiger partial charge in [0.25, 0.3) is 0 Å². The number of halogens is 1. The number of hydrogen-bond acceptors (Lipinski definition) is 1. The minimum Gasteiger partial charge on any atom is -0.494 e. The Morgan fingerprint density at radius 2 is 1.76 bits per heavy atom. The second-order valence-corrected chi connectivity index (χ2v) is 5.49. The van der Waals surface area contributed by atoms with Crippen LogP contribution in [0.25, 0.3) is 0 Å². The van der Waals surface area contributed by atoms with Gasteiger partial charge in [-0.3, -0.25) is 0 Å². The fourth-order valence-electron chi connectivity index (χ4n) is 2.80. The molecule has 0 aromatic heterocycles. The van der Waals surface area contributed by atoms with Gasteiger partial charge in [-0.25, -0.2) is 0 Å². The molecule has 0 N–H and O–H groups in total. The molecule has 17 heavy (non-hydrogen) atoms. The highest BCUT2D eigenvalue weighted by molar-refractivity contribution is 9.09. The standard InChI is InChI=1S/C15H21BrO/c1-2-17-14-8-6-13(7-9-14)15(12-16)10-4-3-5-11-15/h6-9H,2-5,10-12H2,1H3. The number of ether oxygens (including phenoxy) is 1. The van der Waals surface area contributed by atoms with E-state index in [4.69, 9.17) is 4.74 Å². The summed E-state index contributed by atoms with van der Waals surface area (Å²) in [4.78, 5) is 0. The smallest absolute Gasteiger partial charge is 0.119 e. The van der Waals surface area contributed by atoms with Crippen molar-refractivity contribution in [2.24, 2.45) is 0 Å². The molecule has 0 unspecified atom stereocenters. The molecule has 0 amide bonds. The highest BCUT2D eigenvalue weighted by Crippen LogP contribution is 2.41. The number of benzene rings is 1. The fraction of sp³-hybridized carbons (Fsp3) is 0.600. The van der Waals surface area contributed by atoms with Gasteiger partial charge < -0.3 is 4.74 Å². The van der Waals surface area contributed by atoms with Crippen LogP contribution in [0.4, 0.5) is 0 Å². The molecule has 94 valence electrons. The van der Waals surface area contributed by atoms with Gasteiger partial charge in [-0.1, -0.05) is 47.3 Å². The second-order valence-electron chi connectivity index (χ2n) is 4.93. The summed E-state index contributed by atoms with van der Waals surface area (Å²) >= 11 is 3.72. The highest BCUT2D eigenvalue weighted by Gasteiger charge is 2.32. The molecule has 0 bridgehead atoms. The average molecular weight is 297 g/mol. The molecule has 0 saturated heterocycles. The van der Waals surface area contributed by atoms with E-state index in [1.54, 1.807) is 0 Å². The van der Waals surface area contributed by atoms with E-state index in [9.17, 15) is 0 Å². The fourth-order valence-corrected chi connectivity index (χ4v) is 3.68. The number of hydrogen-bond donors (Lipinski definition) is 0. The minimum atomic E-state index is 0.364. The Kier molecular flexibility index (Phi) is 4.49. The van der Waals surface area contributed by atoms with Crippen molar-refractivity contribution in [2.45, 2.75) is 44.4 Å². The van der Waals surface area contributed by atoms with Crippen LogP contribution in [0.1, 0.15) is 44.6 Å². The van der Waals surface area contributed by atoms with Crippen molar-refractivity contribution in [3.8, 4) is 5.75 Å². The first kappa shape index (κ1) is 12.9. The van der Waals surface area contributed by atoms with Crippen LogP contribution in [0, 0.1) is 0 Å². The monoisotopic (exact) mass is 296 g/mol. The molecule has 1 aromatic rings. The third-order valence-corrected chi connectivity index (χ3v) is 4.92. The van der Waals surface area contributed by atoms with Crippen LogP contribution in [0.15, 0.2) is 24.3 Å². The van der Waals surface area contributed by atoms with Gasteiger partial charge in [0.2, 0.25) is 0 Å². The molecule has 0 heterocycles. The molecule has 0 spiro atoms.